The van der Waals surface area contributed by atoms with E-state index in [4.69, 9.17) is 19.4 Å². The van der Waals surface area contributed by atoms with Gasteiger partial charge in [-0.05, 0) is 19.3 Å². The van der Waals surface area contributed by atoms with Gasteiger partial charge in [0.1, 0.15) is 0 Å². The number of nitrogens with zero attached hydrogens (tertiary/aromatic N) is 1. The van der Waals surface area contributed by atoms with Crippen LogP contribution in [0.5, 0.6) is 0 Å². The molecule has 0 amide bonds. The van der Waals surface area contributed by atoms with Crippen molar-refractivity contribution in [2.45, 2.75) is 31.0 Å². The third-order valence-electron chi connectivity index (χ3n) is 3.43. The van der Waals surface area contributed by atoms with E-state index in [9.17, 15) is 13.2 Å². The number of alkyl halides is 3. The fraction of sp³-hybridized carbons (Fsp3) is 0.917. The number of carbonyl (C=O) groups is 1. The monoisotopic (exact) mass is 299 g/mol. The van der Waals surface area contributed by atoms with Gasteiger partial charge >= 0.3 is 12.1 Å². The van der Waals surface area contributed by atoms with Crippen LogP contribution in [0.25, 0.3) is 0 Å². The molecule has 0 radical (unpaired) electrons. The van der Waals surface area contributed by atoms with E-state index in [0.29, 0.717) is 0 Å². The van der Waals surface area contributed by atoms with Crippen molar-refractivity contribution in [2.24, 2.45) is 0 Å². The first kappa shape index (κ1) is 17.2. The van der Waals surface area contributed by atoms with Crippen LogP contribution < -0.4 is 0 Å². The van der Waals surface area contributed by atoms with E-state index in [-0.39, 0.29) is 5.60 Å². The van der Waals surface area contributed by atoms with E-state index >= 15 is 0 Å². The molecule has 118 valence electrons. The van der Waals surface area contributed by atoms with Crippen LogP contribution in [0.4, 0.5) is 13.2 Å². The number of rotatable bonds is 3. The molecule has 5 nitrogen and oxygen atoms in total. The number of likely N-dealkylation sites (tertiary alicyclic amines) is 1. The Bertz CT molecular complexity index is 316. The highest BCUT2D eigenvalue weighted by molar-refractivity contribution is 5.73. The Kier molecular flexibility index (Phi) is 6.22. The number of hydrogen-bond donors (Lipinski definition) is 1. The van der Waals surface area contributed by atoms with E-state index in [2.05, 4.69) is 4.90 Å². The molecule has 2 fully saturated rings. The van der Waals surface area contributed by atoms with Crippen LogP contribution in [-0.4, -0.2) is 67.7 Å². The lowest BCUT2D eigenvalue weighted by Gasteiger charge is -2.22. The summed E-state index contributed by atoms with van der Waals surface area (Å²) in [4.78, 5) is 11.3. The average Bonchev–Trinajstić information content (AvgIpc) is 2.97. The van der Waals surface area contributed by atoms with Crippen LogP contribution in [0.3, 0.4) is 0 Å². The van der Waals surface area contributed by atoms with Gasteiger partial charge in [0.25, 0.3) is 0 Å². The van der Waals surface area contributed by atoms with Crippen molar-refractivity contribution in [3.05, 3.63) is 0 Å². The van der Waals surface area contributed by atoms with E-state index in [1.807, 2.05) is 0 Å². The maximum absolute atomic E-state index is 10.6. The first-order valence-electron chi connectivity index (χ1n) is 6.44. The van der Waals surface area contributed by atoms with Gasteiger partial charge in [0.05, 0.1) is 12.2 Å². The van der Waals surface area contributed by atoms with Crippen LogP contribution in [0.1, 0.15) is 19.3 Å². The molecule has 0 aliphatic carbocycles. The third-order valence-corrected chi connectivity index (χ3v) is 3.43. The predicted molar refractivity (Wildman–Crippen MR) is 64.5 cm³/mol. The Morgan fingerprint density at radius 3 is 2.55 bits per heavy atom. The first-order valence-corrected chi connectivity index (χ1v) is 6.44. The van der Waals surface area contributed by atoms with Gasteiger partial charge in [0.2, 0.25) is 0 Å². The average molecular weight is 299 g/mol. The second-order valence-electron chi connectivity index (χ2n) is 4.96. The maximum Gasteiger partial charge on any atom is 0.490 e. The van der Waals surface area contributed by atoms with E-state index in [1.165, 1.54) is 25.8 Å². The molecule has 1 spiro atoms. The molecule has 8 heteroatoms. The van der Waals surface area contributed by atoms with Crippen molar-refractivity contribution in [3.8, 4) is 0 Å². The zero-order valence-corrected chi connectivity index (χ0v) is 11.4. The Hall–Kier alpha value is -0.860. The van der Waals surface area contributed by atoms with Crippen molar-refractivity contribution in [1.82, 2.24) is 4.90 Å². The van der Waals surface area contributed by atoms with Crippen molar-refractivity contribution in [1.29, 1.82) is 0 Å². The van der Waals surface area contributed by atoms with Gasteiger partial charge in [0.15, 0.2) is 0 Å². The largest absolute Gasteiger partial charge is 0.490 e. The number of ether oxygens (including phenoxy) is 2. The van der Waals surface area contributed by atoms with Crippen molar-refractivity contribution < 1.29 is 32.5 Å². The molecule has 0 aromatic heterocycles. The van der Waals surface area contributed by atoms with Crippen LogP contribution in [0, 0.1) is 0 Å². The van der Waals surface area contributed by atoms with Crippen molar-refractivity contribution in [3.63, 3.8) is 0 Å². The molecule has 20 heavy (non-hydrogen) atoms. The van der Waals surface area contributed by atoms with E-state index in [0.717, 1.165) is 26.3 Å². The zero-order chi connectivity index (χ0) is 15.2. The smallest absolute Gasteiger partial charge is 0.475 e. The van der Waals surface area contributed by atoms with Gasteiger partial charge in [-0.25, -0.2) is 4.79 Å². The Morgan fingerprint density at radius 1 is 1.45 bits per heavy atom. The summed E-state index contributed by atoms with van der Waals surface area (Å²) in [6.07, 6.45) is -1.36. The summed E-state index contributed by atoms with van der Waals surface area (Å²) in [5.41, 5.74) is 0.230. The highest BCUT2D eigenvalue weighted by Gasteiger charge is 2.41. The third kappa shape index (κ3) is 5.26. The molecule has 1 unspecified atom stereocenters. The minimum atomic E-state index is -5.08. The summed E-state index contributed by atoms with van der Waals surface area (Å²) in [7, 11) is 1.76. The SMILES string of the molecule is COCCN1CCC2(CCCO2)C1.O=C(O)C(F)(F)F. The van der Waals surface area contributed by atoms with Crippen LogP contribution in [0.15, 0.2) is 0 Å². The highest BCUT2D eigenvalue weighted by atomic mass is 19.4. The number of carboxylic acid groups (broad SMARTS) is 1. The Balaban J connectivity index is 0.000000246. The normalized spacial score (nSPS) is 26.6. The summed E-state index contributed by atoms with van der Waals surface area (Å²) in [5.74, 6) is -2.76. The number of halogens is 3. The molecule has 2 heterocycles. The highest BCUT2D eigenvalue weighted by Crippen LogP contribution is 2.34. The minimum Gasteiger partial charge on any atom is -0.475 e. The molecule has 2 aliphatic heterocycles. The lowest BCUT2D eigenvalue weighted by molar-refractivity contribution is -0.192. The van der Waals surface area contributed by atoms with Gasteiger partial charge in [-0.1, -0.05) is 0 Å². The number of carboxylic acids is 1. The molecule has 2 aliphatic rings. The molecule has 1 N–H and O–H groups in total. The van der Waals surface area contributed by atoms with Crippen molar-refractivity contribution >= 4 is 5.97 Å². The van der Waals surface area contributed by atoms with Gasteiger partial charge < -0.3 is 14.6 Å². The van der Waals surface area contributed by atoms with E-state index in [1.54, 1.807) is 7.11 Å². The van der Waals surface area contributed by atoms with Gasteiger partial charge in [-0.3, -0.25) is 4.90 Å². The quantitative estimate of drug-likeness (QED) is 0.856. The zero-order valence-electron chi connectivity index (χ0n) is 11.4. The van der Waals surface area contributed by atoms with Gasteiger partial charge in [-0.2, -0.15) is 13.2 Å². The number of methoxy groups -OCH3 is 1. The predicted octanol–water partition coefficient (Wildman–Crippen LogP) is 1.52. The lowest BCUT2D eigenvalue weighted by Crippen LogP contribution is -2.33. The fourth-order valence-electron chi connectivity index (χ4n) is 2.42. The van der Waals surface area contributed by atoms with Gasteiger partial charge in [0, 0.05) is 33.4 Å². The molecule has 0 saturated carbocycles. The van der Waals surface area contributed by atoms with E-state index < -0.39 is 12.1 Å². The van der Waals surface area contributed by atoms with Crippen LogP contribution >= 0.6 is 0 Å². The van der Waals surface area contributed by atoms with Crippen molar-refractivity contribution in [2.75, 3.05) is 40.0 Å². The van der Waals surface area contributed by atoms with Crippen LogP contribution in [0.2, 0.25) is 0 Å². The molecule has 2 rings (SSSR count). The summed E-state index contributed by atoms with van der Waals surface area (Å²) in [6.45, 7) is 5.18. The minimum absolute atomic E-state index is 0.230. The lowest BCUT2D eigenvalue weighted by atomic mass is 10.00. The molecule has 0 bridgehead atoms. The second kappa shape index (κ2) is 7.24. The summed E-state index contributed by atoms with van der Waals surface area (Å²) in [6, 6.07) is 0. The molecular formula is C12H20F3NO4. The molecule has 1 atom stereocenters. The van der Waals surface area contributed by atoms with Gasteiger partial charge in [-0.15, -0.1) is 0 Å². The maximum atomic E-state index is 10.6. The molecule has 0 aromatic rings. The fourth-order valence-corrected chi connectivity index (χ4v) is 2.42. The standard InChI is InChI=1S/C10H19NO2.C2HF3O2/c1-12-8-6-11-5-4-10(9-11)3-2-7-13-10;3-2(4,5)1(6)7/h2-9H2,1H3;(H,6,7). The molecular weight excluding hydrogens is 279 g/mol. The number of hydrogen-bond acceptors (Lipinski definition) is 4. The summed E-state index contributed by atoms with van der Waals surface area (Å²) < 4.78 is 42.6. The number of aliphatic carboxylic acids is 1. The Labute approximate surface area is 115 Å². The first-order chi connectivity index (χ1) is 9.29. The second-order valence-corrected chi connectivity index (χ2v) is 4.96. The van der Waals surface area contributed by atoms with Crippen LogP contribution in [-0.2, 0) is 14.3 Å². The summed E-state index contributed by atoms with van der Waals surface area (Å²) in [5, 5.41) is 7.12. The molecule has 2 saturated heterocycles. The summed E-state index contributed by atoms with van der Waals surface area (Å²) >= 11 is 0. The Morgan fingerprint density at radius 2 is 2.10 bits per heavy atom. The topological polar surface area (TPSA) is 59.0 Å². The molecule has 0 aromatic carbocycles.